The molecule has 6 heteroatoms. The second-order valence-corrected chi connectivity index (χ2v) is 5.69. The zero-order valence-electron chi connectivity index (χ0n) is 11.5. The van der Waals surface area contributed by atoms with Gasteiger partial charge in [-0.05, 0) is 37.0 Å². The lowest BCUT2D eigenvalue weighted by molar-refractivity contribution is 0.426. The van der Waals surface area contributed by atoms with Gasteiger partial charge in [0.25, 0.3) is 0 Å². The van der Waals surface area contributed by atoms with Crippen molar-refractivity contribution in [1.29, 1.82) is 0 Å². The molecule has 0 fully saturated rings. The number of aryl methyl sites for hydroxylation is 1. The Morgan fingerprint density at radius 3 is 3.10 bits per heavy atom. The number of hydrogen-bond donors (Lipinski definition) is 0. The van der Waals surface area contributed by atoms with Crippen LogP contribution in [0.4, 0.5) is 0 Å². The summed E-state index contributed by atoms with van der Waals surface area (Å²) in [6.07, 6.45) is 3.86. The van der Waals surface area contributed by atoms with Gasteiger partial charge in [-0.25, -0.2) is 4.68 Å². The van der Waals surface area contributed by atoms with E-state index in [9.17, 15) is 0 Å². The van der Waals surface area contributed by atoms with E-state index >= 15 is 0 Å². The van der Waals surface area contributed by atoms with Gasteiger partial charge in [-0.15, -0.1) is 5.10 Å². The van der Waals surface area contributed by atoms with Crippen LogP contribution in [-0.2, 0) is 6.42 Å². The fraction of sp³-hybridized carbons (Fsp3) is 0.267. The molecule has 0 amide bonds. The number of nitrogens with zero attached hydrogens (tertiary/aromatic N) is 4. The Hall–Kier alpha value is -2.14. The minimum atomic E-state index is 0.184. The highest BCUT2D eigenvalue weighted by Gasteiger charge is 2.27. The Bertz CT molecular complexity index is 808. The van der Waals surface area contributed by atoms with Gasteiger partial charge >= 0.3 is 0 Å². The average molecular weight is 301 g/mol. The van der Waals surface area contributed by atoms with Crippen LogP contribution in [0.3, 0.4) is 0 Å². The van der Waals surface area contributed by atoms with Crippen LogP contribution in [0.25, 0.3) is 11.5 Å². The Morgan fingerprint density at radius 2 is 2.29 bits per heavy atom. The minimum absolute atomic E-state index is 0.184. The molecule has 4 rings (SSSR count). The Morgan fingerprint density at radius 1 is 1.38 bits per heavy atom. The van der Waals surface area contributed by atoms with Gasteiger partial charge < -0.3 is 4.52 Å². The van der Waals surface area contributed by atoms with E-state index in [0.717, 1.165) is 23.6 Å². The van der Waals surface area contributed by atoms with Crippen molar-refractivity contribution in [3.05, 3.63) is 52.3 Å². The van der Waals surface area contributed by atoms with Crippen molar-refractivity contribution in [2.45, 2.75) is 25.8 Å². The van der Waals surface area contributed by atoms with Crippen molar-refractivity contribution in [1.82, 2.24) is 20.2 Å². The molecule has 0 bridgehead atoms. The number of benzene rings is 1. The normalized spacial score (nSPS) is 17.1. The monoisotopic (exact) mass is 300 g/mol. The third-order valence-corrected chi connectivity index (χ3v) is 4.25. The third kappa shape index (κ3) is 2.05. The molecule has 5 nitrogen and oxygen atoms in total. The first-order valence-corrected chi connectivity index (χ1v) is 7.23. The van der Waals surface area contributed by atoms with E-state index in [1.165, 1.54) is 11.1 Å². The molecule has 1 aliphatic rings. The Labute approximate surface area is 126 Å². The molecule has 2 aromatic heterocycles. The first-order valence-electron chi connectivity index (χ1n) is 6.85. The van der Waals surface area contributed by atoms with Crippen molar-refractivity contribution < 1.29 is 4.52 Å². The molecule has 1 aliphatic carbocycles. The zero-order valence-corrected chi connectivity index (χ0v) is 12.2. The maximum absolute atomic E-state index is 6.26. The van der Waals surface area contributed by atoms with Crippen molar-refractivity contribution in [3.8, 4) is 11.5 Å². The highest BCUT2D eigenvalue weighted by atomic mass is 35.5. The lowest BCUT2D eigenvalue weighted by atomic mass is 10.1. The average Bonchev–Trinajstić information content (AvgIpc) is 3.16. The summed E-state index contributed by atoms with van der Waals surface area (Å²) in [6.45, 7) is 1.88. The van der Waals surface area contributed by atoms with Crippen molar-refractivity contribution in [2.75, 3.05) is 0 Å². The van der Waals surface area contributed by atoms with Crippen LogP contribution >= 0.6 is 11.6 Å². The molecule has 3 aromatic rings. The molecule has 1 atom stereocenters. The van der Waals surface area contributed by atoms with E-state index in [0.29, 0.717) is 11.5 Å². The molecule has 21 heavy (non-hydrogen) atoms. The fourth-order valence-corrected chi connectivity index (χ4v) is 3.17. The molecule has 0 radical (unpaired) electrons. The molecule has 2 heterocycles. The lowest BCUT2D eigenvalue weighted by Gasteiger charge is -2.11. The highest BCUT2D eigenvalue weighted by Crippen LogP contribution is 2.37. The zero-order chi connectivity index (χ0) is 14.4. The second kappa shape index (κ2) is 4.70. The Kier molecular flexibility index (Phi) is 2.82. The standard InChI is InChI=1S/C15H13ClN4O/c1-9-7-15(21-18-9)13-8-20(19-17-13)14-6-5-10-11(14)3-2-4-12(10)16/h2-4,7-8,14H,5-6H2,1H3/t14-/m0/s1. The predicted molar refractivity (Wildman–Crippen MR) is 78.2 cm³/mol. The van der Waals surface area contributed by atoms with E-state index in [-0.39, 0.29) is 6.04 Å². The number of fused-ring (bicyclic) bond motifs is 1. The van der Waals surface area contributed by atoms with Crippen LogP contribution in [0.5, 0.6) is 0 Å². The topological polar surface area (TPSA) is 56.7 Å². The summed E-state index contributed by atoms with van der Waals surface area (Å²) in [5.74, 6) is 0.642. The quantitative estimate of drug-likeness (QED) is 0.727. The van der Waals surface area contributed by atoms with Crippen LogP contribution < -0.4 is 0 Å². The van der Waals surface area contributed by atoms with Gasteiger partial charge in [0.2, 0.25) is 0 Å². The van der Waals surface area contributed by atoms with Gasteiger partial charge in [0.05, 0.1) is 17.9 Å². The SMILES string of the molecule is Cc1cc(-c2cn([C@H]3CCc4c(Cl)cccc43)nn2)on1. The highest BCUT2D eigenvalue weighted by molar-refractivity contribution is 6.31. The van der Waals surface area contributed by atoms with Crippen LogP contribution in [0.15, 0.2) is 35.0 Å². The fourth-order valence-electron chi connectivity index (χ4n) is 2.89. The molecule has 1 aromatic carbocycles. The van der Waals surface area contributed by atoms with Gasteiger partial charge in [-0.3, -0.25) is 0 Å². The van der Waals surface area contributed by atoms with Crippen LogP contribution in [0.1, 0.15) is 29.3 Å². The maximum Gasteiger partial charge on any atom is 0.189 e. The number of rotatable bonds is 2. The van der Waals surface area contributed by atoms with E-state index in [1.807, 2.05) is 36.0 Å². The van der Waals surface area contributed by atoms with Gasteiger partial charge in [-0.2, -0.15) is 0 Å². The molecular formula is C15H13ClN4O. The Balaban J connectivity index is 1.71. The summed E-state index contributed by atoms with van der Waals surface area (Å²) in [6, 6.07) is 8.07. The molecule has 0 aliphatic heterocycles. The summed E-state index contributed by atoms with van der Waals surface area (Å²) >= 11 is 6.26. The molecule has 0 spiro atoms. The van der Waals surface area contributed by atoms with E-state index in [1.54, 1.807) is 0 Å². The van der Waals surface area contributed by atoms with Crippen molar-refractivity contribution in [2.24, 2.45) is 0 Å². The number of hydrogen-bond acceptors (Lipinski definition) is 4. The molecule has 0 saturated carbocycles. The molecular weight excluding hydrogens is 288 g/mol. The largest absolute Gasteiger partial charge is 0.354 e. The predicted octanol–water partition coefficient (Wildman–Crippen LogP) is 3.43. The van der Waals surface area contributed by atoms with Gasteiger partial charge in [0.15, 0.2) is 11.5 Å². The number of halogens is 1. The van der Waals surface area contributed by atoms with Crippen LogP contribution in [-0.4, -0.2) is 20.2 Å². The van der Waals surface area contributed by atoms with Gasteiger partial charge in [0.1, 0.15) is 0 Å². The first-order chi connectivity index (χ1) is 10.2. The van der Waals surface area contributed by atoms with Gasteiger partial charge in [0, 0.05) is 11.1 Å². The molecule has 0 saturated heterocycles. The molecule has 0 N–H and O–H groups in total. The van der Waals surface area contributed by atoms with E-state index < -0.39 is 0 Å². The maximum atomic E-state index is 6.26. The molecule has 106 valence electrons. The van der Waals surface area contributed by atoms with Gasteiger partial charge in [-0.1, -0.05) is 34.1 Å². The van der Waals surface area contributed by atoms with Crippen molar-refractivity contribution in [3.63, 3.8) is 0 Å². The first kappa shape index (κ1) is 12.6. The summed E-state index contributed by atoms with van der Waals surface area (Å²) < 4.78 is 7.11. The molecule has 0 unspecified atom stereocenters. The van der Waals surface area contributed by atoms with E-state index in [4.69, 9.17) is 16.1 Å². The summed E-state index contributed by atoms with van der Waals surface area (Å²) in [4.78, 5) is 0. The van der Waals surface area contributed by atoms with Crippen LogP contribution in [0, 0.1) is 6.92 Å². The number of aromatic nitrogens is 4. The smallest absolute Gasteiger partial charge is 0.189 e. The lowest BCUT2D eigenvalue weighted by Crippen LogP contribution is -2.07. The van der Waals surface area contributed by atoms with Crippen LogP contribution in [0.2, 0.25) is 5.02 Å². The summed E-state index contributed by atoms with van der Waals surface area (Å²) in [5, 5.41) is 13.1. The van der Waals surface area contributed by atoms with Crippen molar-refractivity contribution >= 4 is 11.6 Å². The third-order valence-electron chi connectivity index (χ3n) is 3.89. The summed E-state index contributed by atoms with van der Waals surface area (Å²) in [5.41, 5.74) is 3.98. The van der Waals surface area contributed by atoms with E-state index in [2.05, 4.69) is 21.5 Å². The second-order valence-electron chi connectivity index (χ2n) is 5.28. The minimum Gasteiger partial charge on any atom is -0.354 e. The summed E-state index contributed by atoms with van der Waals surface area (Å²) in [7, 11) is 0.